The number of aromatic hydroxyl groups is 7. The maximum atomic E-state index is 10.7. The molecule has 8 fully saturated rings. The standard InChI is InChI=1S/C19H24N2O5.C17H24O11.C15H24N2O3.C15H24N2O2.C14H18O7.C13H18O5.C10H14N2O/c1-15-11-17(4-5-18(15)22)19(25-9-10-26-19)24-8-7-23-6-2-3-16-12-20-14-21-13-16;18-8-12-13(21)14(22)15(23)16(28-12)24-3-4-25-17(26-5-6-27-17)9-1-2-10(19)11(20)7-9;1-20-14-11-12(5-6-13(14)19)15-16-7-9-17(15)8-3-2-4-10-18;1-12-11-13(5-6-14(12)19)15-16-7-9-17(15)8-3-2-4-10-18;1-10(15)18-5-6-19-14(20-7-8-21-14)11-3-4-12(16)13(9-11)17-2;1-10-8-12(3-2-11(10)9-15)13(16-5-4-14)17-6-7-18-13;1-7-6-8(2-3-9(7)13)10-11-4-5-12-10/h4-5,11-14,22H,2-3,6-10H2,1H3;1-2,7,12-16,18-23H,3-6,8H2;5-6,11,15-16,18-19H,2-4,7-10H2,1H3;5-6,11,15-16,18-19H,2-4,7-10H2,1H3;3-4,9,16H,5-8H2,1-2H3;2-3,8,14-15H,4-7,9H2,1H3;2-3,6,10-13H,4-5H2,1H3/t;12?,13-,14?,15-,16+;;;;;/m.1...../s1. The molecule has 42 heteroatoms. The van der Waals surface area contributed by atoms with Crippen LogP contribution >= 0.6 is 0 Å². The SMILES string of the molecule is COc1cc(C2(OCCOC(C)=O)OCCO2)ccc1O.COc1cc(C2NCCN2CCCCCO)ccc1O.Cc1cc(C2(OCCO)OCCO2)ccc1CO.Cc1cc(C2(OCCOCCCc3cncnc3)OCCO2)ccc1O.Cc1cc(C2NCCN2)ccc1O.Cc1cc(C2NCCN2CCCCCO)ccc1O.OCC1O[C@H](OCCOC2(c3ccc(O)c(O)c3)OCCO2)[C@H](O)C(O)[C@@H]1O. The van der Waals surface area contributed by atoms with E-state index in [2.05, 4.69) is 47.1 Å². The molecule has 802 valence electrons. The Kier molecular flexibility index (Phi) is 48.9. The van der Waals surface area contributed by atoms with Gasteiger partial charge in [0.2, 0.25) is 0 Å². The number of hydrogen-bond acceptors (Lipinski definition) is 42. The van der Waals surface area contributed by atoms with Gasteiger partial charge in [-0.25, -0.2) is 9.97 Å². The van der Waals surface area contributed by atoms with Gasteiger partial charge in [0.25, 0.3) is 0 Å². The Hall–Kier alpha value is -9.87. The number of carbonyl (C=O) groups excluding carboxylic acids is 1. The topological polar surface area (TPSA) is 567 Å². The van der Waals surface area contributed by atoms with E-state index in [1.54, 1.807) is 55.6 Å². The molecule has 8 aromatic rings. The second-order valence-corrected chi connectivity index (χ2v) is 34.6. The molecular formula is C103H146N8O34. The zero-order valence-corrected chi connectivity index (χ0v) is 83.4. The first-order chi connectivity index (χ1) is 70.1. The van der Waals surface area contributed by atoms with Gasteiger partial charge in [0.1, 0.15) is 54.6 Å². The molecule has 42 nitrogen and oxygen atoms in total. The summed E-state index contributed by atoms with van der Waals surface area (Å²) in [5.74, 6) is -4.53. The van der Waals surface area contributed by atoms with Gasteiger partial charge in [0.05, 0.1) is 145 Å². The minimum atomic E-state index is -1.59. The Bertz CT molecular complexity index is 5110. The minimum absolute atomic E-state index is 0.00166. The number of esters is 1. The molecule has 0 saturated carbocycles. The third-order valence-corrected chi connectivity index (χ3v) is 24.2. The van der Waals surface area contributed by atoms with Crippen molar-refractivity contribution in [2.45, 2.75) is 166 Å². The van der Waals surface area contributed by atoms with E-state index < -0.39 is 61.2 Å². The van der Waals surface area contributed by atoms with Crippen molar-refractivity contribution in [2.24, 2.45) is 0 Å². The third kappa shape index (κ3) is 34.6. The van der Waals surface area contributed by atoms with Crippen molar-refractivity contribution in [3.63, 3.8) is 0 Å². The summed E-state index contributed by atoms with van der Waals surface area (Å²) in [5, 5.41) is 155. The maximum Gasteiger partial charge on any atom is 0.312 e. The van der Waals surface area contributed by atoms with Gasteiger partial charge in [-0.15, -0.1) is 0 Å². The molecule has 7 atom stereocenters. The van der Waals surface area contributed by atoms with Crippen molar-refractivity contribution in [1.29, 1.82) is 0 Å². The van der Waals surface area contributed by atoms with Gasteiger partial charge in [0.15, 0.2) is 40.8 Å². The summed E-state index contributed by atoms with van der Waals surface area (Å²) in [6.45, 7) is 21.5. The van der Waals surface area contributed by atoms with Crippen molar-refractivity contribution in [2.75, 3.05) is 199 Å². The zero-order valence-electron chi connectivity index (χ0n) is 83.4. The number of aliphatic hydroxyl groups is 8. The van der Waals surface area contributed by atoms with Crippen LogP contribution in [0.4, 0.5) is 0 Å². The van der Waals surface area contributed by atoms with Crippen molar-refractivity contribution >= 4 is 5.97 Å². The number of aryl methyl sites for hydroxylation is 5. The number of methoxy groups -OCH3 is 2. The lowest BCUT2D eigenvalue weighted by molar-refractivity contribution is -0.352. The van der Waals surface area contributed by atoms with Crippen molar-refractivity contribution in [3.05, 3.63) is 218 Å². The summed E-state index contributed by atoms with van der Waals surface area (Å²) in [4.78, 5) is 23.5. The smallest absolute Gasteiger partial charge is 0.312 e. The fraction of sp³-hybridized carbons (Fsp3) is 0.544. The van der Waals surface area contributed by atoms with E-state index in [4.69, 9.17) is 106 Å². The van der Waals surface area contributed by atoms with E-state index in [0.29, 0.717) is 94.4 Å². The molecule has 145 heavy (non-hydrogen) atoms. The molecule has 8 saturated heterocycles. The fourth-order valence-corrected chi connectivity index (χ4v) is 16.5. The van der Waals surface area contributed by atoms with E-state index >= 15 is 0 Å². The highest BCUT2D eigenvalue weighted by atomic mass is 16.9. The molecule has 16 rings (SSSR count). The molecule has 7 aromatic carbocycles. The highest BCUT2D eigenvalue weighted by Gasteiger charge is 2.47. The zero-order chi connectivity index (χ0) is 104. The van der Waals surface area contributed by atoms with Gasteiger partial charge in [-0.3, -0.25) is 35.9 Å². The number of aliphatic hydroxyl groups excluding tert-OH is 8. The highest BCUT2D eigenvalue weighted by Crippen LogP contribution is 2.42. The van der Waals surface area contributed by atoms with Crippen LogP contribution in [0.2, 0.25) is 0 Å². The van der Waals surface area contributed by atoms with E-state index in [1.807, 2.05) is 88.6 Å². The van der Waals surface area contributed by atoms with Crippen LogP contribution in [0.15, 0.2) is 146 Å². The molecule has 0 aliphatic carbocycles. The predicted octanol–water partition coefficient (Wildman–Crippen LogP) is 6.32. The summed E-state index contributed by atoms with van der Waals surface area (Å²) in [7, 11) is 3.01. The Balaban J connectivity index is 0.000000175. The Morgan fingerprint density at radius 3 is 1.32 bits per heavy atom. The highest BCUT2D eigenvalue weighted by molar-refractivity contribution is 5.65. The van der Waals surface area contributed by atoms with Gasteiger partial charge in [-0.05, 0) is 239 Å². The minimum Gasteiger partial charge on any atom is -0.508 e. The number of ether oxygens (including phenoxy) is 18. The number of aromatic nitrogens is 2. The van der Waals surface area contributed by atoms with Crippen LogP contribution in [0.1, 0.15) is 143 Å². The molecule has 0 spiro atoms. The summed E-state index contributed by atoms with van der Waals surface area (Å²) >= 11 is 0. The number of rotatable bonds is 41. The van der Waals surface area contributed by atoms with Crippen molar-refractivity contribution in [1.82, 2.24) is 41.0 Å². The number of nitrogens with zero attached hydrogens (tertiary/aromatic N) is 4. The maximum absolute atomic E-state index is 10.7. The van der Waals surface area contributed by atoms with Gasteiger partial charge >= 0.3 is 29.9 Å². The van der Waals surface area contributed by atoms with Gasteiger partial charge in [-0.1, -0.05) is 30.3 Å². The molecule has 1 aromatic heterocycles. The van der Waals surface area contributed by atoms with Gasteiger partial charge in [-0.2, -0.15) is 0 Å². The summed E-state index contributed by atoms with van der Waals surface area (Å²) in [5.41, 5.74) is 11.4. The first kappa shape index (κ1) is 117. The van der Waals surface area contributed by atoms with E-state index in [9.17, 15) is 61.0 Å². The Labute approximate surface area is 844 Å². The molecule has 8 aliphatic heterocycles. The number of carbonyl (C=O) groups is 1. The first-order valence-electron chi connectivity index (χ1n) is 48.8. The molecule has 19 N–H and O–H groups in total. The molecule has 0 radical (unpaired) electrons. The number of unbranched alkanes of at least 4 members (excludes halogenated alkanes) is 4. The van der Waals surface area contributed by atoms with Crippen LogP contribution in [0.5, 0.6) is 51.7 Å². The number of phenols is 7. The number of nitrogens with one attached hydrogen (secondary N) is 4. The number of benzene rings is 7. The number of phenolic OH excluding ortho intramolecular Hbond substituents is 7. The summed E-state index contributed by atoms with van der Waals surface area (Å²) in [6, 6.07) is 36.3. The van der Waals surface area contributed by atoms with Gasteiger partial charge in [0, 0.05) is 101 Å². The van der Waals surface area contributed by atoms with Crippen LogP contribution < -0.4 is 30.7 Å². The molecule has 4 unspecified atom stereocenters. The number of hydrogen-bond donors (Lipinski definition) is 19. The quantitative estimate of drug-likeness (QED) is 0.0113. The average molecular weight is 2040 g/mol. The lowest BCUT2D eigenvalue weighted by atomic mass is 9.99. The average Bonchev–Trinajstić information content (AvgIpc) is 1.71. The predicted molar refractivity (Wildman–Crippen MR) is 523 cm³/mol. The van der Waals surface area contributed by atoms with Crippen molar-refractivity contribution < 1.29 is 167 Å². The third-order valence-electron chi connectivity index (χ3n) is 24.2. The largest absolute Gasteiger partial charge is 0.508 e. The Morgan fingerprint density at radius 1 is 0.414 bits per heavy atom. The normalized spacial score (nSPS) is 20.7. The summed E-state index contributed by atoms with van der Waals surface area (Å²) in [6.07, 6.45) is 6.85. The summed E-state index contributed by atoms with van der Waals surface area (Å²) < 4.78 is 98.5. The van der Waals surface area contributed by atoms with Crippen LogP contribution in [-0.2, 0) is 118 Å². The van der Waals surface area contributed by atoms with Crippen LogP contribution in [0.3, 0.4) is 0 Å². The molecular weight excluding hydrogens is 1890 g/mol. The fourth-order valence-electron chi connectivity index (χ4n) is 16.5. The monoisotopic (exact) mass is 2040 g/mol. The molecule has 9 heterocycles. The van der Waals surface area contributed by atoms with Crippen LogP contribution in [-0.4, -0.2) is 332 Å². The Morgan fingerprint density at radius 2 is 0.848 bits per heavy atom. The van der Waals surface area contributed by atoms with E-state index in [-0.39, 0.29) is 125 Å². The van der Waals surface area contributed by atoms with Gasteiger partial charge < -0.3 is 162 Å². The molecule has 0 amide bonds. The lowest BCUT2D eigenvalue weighted by Gasteiger charge is -2.39. The second kappa shape index (κ2) is 60.6. The van der Waals surface area contributed by atoms with Crippen LogP contribution in [0.25, 0.3) is 0 Å². The molecule has 8 aliphatic rings. The van der Waals surface area contributed by atoms with Crippen molar-refractivity contribution in [3.8, 4) is 51.7 Å². The van der Waals surface area contributed by atoms with Crippen LogP contribution in [0, 0.1) is 27.7 Å². The molecule has 0 bridgehead atoms. The van der Waals surface area contributed by atoms with E-state index in [0.717, 1.165) is 154 Å². The lowest BCUT2D eigenvalue weighted by Crippen LogP contribution is -2.59. The first-order valence-corrected chi connectivity index (χ1v) is 48.8. The van der Waals surface area contributed by atoms with E-state index in [1.165, 1.54) is 55.8 Å². The second-order valence-electron chi connectivity index (χ2n) is 34.6.